The quantitative estimate of drug-likeness (QED) is 0.881. The van der Waals surface area contributed by atoms with Gasteiger partial charge in [-0.1, -0.05) is 41.1 Å². The summed E-state index contributed by atoms with van der Waals surface area (Å²) in [5.74, 6) is 0. The van der Waals surface area contributed by atoms with Crippen LogP contribution in [0.3, 0.4) is 0 Å². The van der Waals surface area contributed by atoms with Crippen LogP contribution in [-0.2, 0) is 0 Å². The summed E-state index contributed by atoms with van der Waals surface area (Å²) in [5.41, 5.74) is 7.80. The Morgan fingerprint density at radius 3 is 2.43 bits per heavy atom. The van der Waals surface area contributed by atoms with Crippen molar-refractivity contribution in [2.75, 3.05) is 27.2 Å². The zero-order chi connectivity index (χ0) is 15.4. The van der Waals surface area contributed by atoms with Gasteiger partial charge in [0, 0.05) is 29.6 Å². The molecule has 3 nitrogen and oxygen atoms in total. The summed E-state index contributed by atoms with van der Waals surface area (Å²) in [7, 11) is 4.37. The van der Waals surface area contributed by atoms with Gasteiger partial charge >= 0.3 is 0 Å². The Bertz CT molecular complexity index is 441. The van der Waals surface area contributed by atoms with Crippen molar-refractivity contribution in [2.24, 2.45) is 5.73 Å². The van der Waals surface area contributed by atoms with Gasteiger partial charge in [0.05, 0.1) is 6.04 Å². The van der Waals surface area contributed by atoms with Gasteiger partial charge in [0.15, 0.2) is 0 Å². The number of halogens is 1. The lowest BCUT2D eigenvalue weighted by molar-refractivity contribution is 0.0945. The zero-order valence-corrected chi connectivity index (χ0v) is 15.0. The maximum atomic E-state index is 6.47. The van der Waals surface area contributed by atoms with Crippen molar-refractivity contribution in [3.05, 3.63) is 34.3 Å². The molecule has 1 aromatic carbocycles. The van der Waals surface area contributed by atoms with E-state index >= 15 is 0 Å². The van der Waals surface area contributed by atoms with Gasteiger partial charge in [-0.15, -0.1) is 0 Å². The number of rotatable bonds is 5. The van der Waals surface area contributed by atoms with Crippen molar-refractivity contribution in [1.29, 1.82) is 0 Å². The molecule has 1 aliphatic heterocycles. The molecule has 0 aliphatic carbocycles. The summed E-state index contributed by atoms with van der Waals surface area (Å²) in [4.78, 5) is 4.93. The van der Waals surface area contributed by atoms with E-state index in [4.69, 9.17) is 5.73 Å². The first-order valence-electron chi connectivity index (χ1n) is 7.95. The first-order chi connectivity index (χ1) is 10.0. The summed E-state index contributed by atoms with van der Waals surface area (Å²) in [5, 5.41) is 0. The van der Waals surface area contributed by atoms with Gasteiger partial charge in [0.25, 0.3) is 0 Å². The van der Waals surface area contributed by atoms with Crippen molar-refractivity contribution in [3.63, 3.8) is 0 Å². The first-order valence-corrected chi connectivity index (χ1v) is 8.74. The highest BCUT2D eigenvalue weighted by Crippen LogP contribution is 2.33. The minimum Gasteiger partial charge on any atom is -0.326 e. The molecule has 118 valence electrons. The number of nitrogens with two attached hydrogens (primary N) is 1. The third-order valence-electron chi connectivity index (χ3n) is 4.72. The monoisotopic (exact) mass is 353 g/mol. The van der Waals surface area contributed by atoms with Crippen LogP contribution in [0.4, 0.5) is 0 Å². The van der Waals surface area contributed by atoms with Crippen LogP contribution in [0.1, 0.15) is 37.8 Å². The summed E-state index contributed by atoms with van der Waals surface area (Å²) >= 11 is 3.71. The topological polar surface area (TPSA) is 32.5 Å². The lowest BCUT2D eigenvalue weighted by Crippen LogP contribution is -2.48. The van der Waals surface area contributed by atoms with Crippen molar-refractivity contribution in [2.45, 2.75) is 44.3 Å². The van der Waals surface area contributed by atoms with Gasteiger partial charge in [-0.25, -0.2) is 0 Å². The second-order valence-electron chi connectivity index (χ2n) is 6.27. The Morgan fingerprint density at radius 2 is 1.90 bits per heavy atom. The van der Waals surface area contributed by atoms with Crippen LogP contribution < -0.4 is 5.73 Å². The van der Waals surface area contributed by atoms with Crippen molar-refractivity contribution in [1.82, 2.24) is 9.80 Å². The number of benzene rings is 1. The van der Waals surface area contributed by atoms with Crippen LogP contribution in [0.2, 0.25) is 0 Å². The average Bonchev–Trinajstić information content (AvgIpc) is 2.49. The lowest BCUT2D eigenvalue weighted by Gasteiger charge is -2.42. The number of piperidine rings is 1. The molecule has 1 aliphatic rings. The first kappa shape index (κ1) is 16.9. The van der Waals surface area contributed by atoms with E-state index in [-0.39, 0.29) is 6.04 Å². The SMILES string of the molecule is CCC(N)C(c1ccccc1Br)N1CCC(N(C)C)CC1. The largest absolute Gasteiger partial charge is 0.326 e. The number of hydrogen-bond donors (Lipinski definition) is 1. The molecule has 0 amide bonds. The van der Waals surface area contributed by atoms with E-state index in [1.54, 1.807) is 0 Å². The van der Waals surface area contributed by atoms with Crippen LogP contribution in [-0.4, -0.2) is 49.1 Å². The highest BCUT2D eigenvalue weighted by Gasteiger charge is 2.30. The highest BCUT2D eigenvalue weighted by molar-refractivity contribution is 9.10. The van der Waals surface area contributed by atoms with Gasteiger partial charge in [0.2, 0.25) is 0 Å². The fourth-order valence-corrected chi connectivity index (χ4v) is 3.84. The zero-order valence-electron chi connectivity index (χ0n) is 13.4. The van der Waals surface area contributed by atoms with E-state index in [0.717, 1.165) is 19.5 Å². The fourth-order valence-electron chi connectivity index (χ4n) is 3.32. The molecule has 1 aromatic rings. The molecule has 0 spiro atoms. The minimum atomic E-state index is 0.180. The van der Waals surface area contributed by atoms with Crippen LogP contribution in [0.25, 0.3) is 0 Å². The Morgan fingerprint density at radius 1 is 1.29 bits per heavy atom. The second-order valence-corrected chi connectivity index (χ2v) is 7.12. The molecule has 2 atom stereocenters. The standard InChI is InChI=1S/C17H28BrN3/c1-4-16(19)17(14-7-5-6-8-15(14)18)21-11-9-13(10-12-21)20(2)3/h5-8,13,16-17H,4,9-12,19H2,1-3H3. The minimum absolute atomic E-state index is 0.180. The van der Waals surface area contributed by atoms with Crippen LogP contribution in [0, 0.1) is 0 Å². The van der Waals surface area contributed by atoms with E-state index < -0.39 is 0 Å². The van der Waals surface area contributed by atoms with Crippen molar-refractivity contribution in [3.8, 4) is 0 Å². The third kappa shape index (κ3) is 4.07. The summed E-state index contributed by atoms with van der Waals surface area (Å²) in [6.45, 7) is 4.44. The Labute approximate surface area is 137 Å². The molecule has 2 unspecified atom stereocenters. The van der Waals surface area contributed by atoms with E-state index in [0.29, 0.717) is 12.1 Å². The van der Waals surface area contributed by atoms with Gasteiger partial charge in [-0.05, 0) is 45.0 Å². The molecule has 1 fully saturated rings. The molecule has 1 heterocycles. The molecule has 1 saturated heterocycles. The predicted molar refractivity (Wildman–Crippen MR) is 93.4 cm³/mol. The van der Waals surface area contributed by atoms with E-state index in [2.05, 4.69) is 71.0 Å². The molecule has 2 rings (SSSR count). The number of hydrogen-bond acceptors (Lipinski definition) is 3. The molecule has 0 saturated carbocycles. The molecule has 4 heteroatoms. The van der Waals surface area contributed by atoms with Crippen LogP contribution in [0.5, 0.6) is 0 Å². The summed E-state index contributed by atoms with van der Waals surface area (Å²) < 4.78 is 1.17. The van der Waals surface area contributed by atoms with Gasteiger partial charge in [-0.2, -0.15) is 0 Å². The number of nitrogens with zero attached hydrogens (tertiary/aromatic N) is 2. The van der Waals surface area contributed by atoms with E-state index in [1.807, 2.05) is 0 Å². The smallest absolute Gasteiger partial charge is 0.0510 e. The molecule has 0 aromatic heterocycles. The van der Waals surface area contributed by atoms with E-state index in [9.17, 15) is 0 Å². The Hall–Kier alpha value is -0.420. The van der Waals surface area contributed by atoms with Crippen LogP contribution in [0.15, 0.2) is 28.7 Å². The normalized spacial score (nSPS) is 20.7. The number of likely N-dealkylation sites (tertiary alicyclic amines) is 1. The molecule has 0 radical (unpaired) electrons. The van der Waals surface area contributed by atoms with Gasteiger partial charge < -0.3 is 10.6 Å². The second kappa shape index (κ2) is 7.73. The molecular formula is C17H28BrN3. The molecule has 0 bridgehead atoms. The van der Waals surface area contributed by atoms with Gasteiger partial charge in [0.1, 0.15) is 0 Å². The maximum absolute atomic E-state index is 6.47. The summed E-state index contributed by atoms with van der Waals surface area (Å²) in [6.07, 6.45) is 3.45. The molecule has 2 N–H and O–H groups in total. The van der Waals surface area contributed by atoms with Crippen LogP contribution >= 0.6 is 15.9 Å². The van der Waals surface area contributed by atoms with E-state index in [1.165, 1.54) is 22.9 Å². The maximum Gasteiger partial charge on any atom is 0.0510 e. The third-order valence-corrected chi connectivity index (χ3v) is 5.45. The average molecular weight is 354 g/mol. The fraction of sp³-hybridized carbons (Fsp3) is 0.647. The molecular weight excluding hydrogens is 326 g/mol. The predicted octanol–water partition coefficient (Wildman–Crippen LogP) is 3.25. The Balaban J connectivity index is 2.17. The van der Waals surface area contributed by atoms with Gasteiger partial charge in [-0.3, -0.25) is 4.90 Å². The van der Waals surface area contributed by atoms with Crippen molar-refractivity contribution < 1.29 is 0 Å². The molecule has 21 heavy (non-hydrogen) atoms. The highest BCUT2D eigenvalue weighted by atomic mass is 79.9. The summed E-state index contributed by atoms with van der Waals surface area (Å²) in [6, 6.07) is 9.72. The lowest BCUT2D eigenvalue weighted by atomic mass is 9.93. The Kier molecular flexibility index (Phi) is 6.23. The van der Waals surface area contributed by atoms with Crippen molar-refractivity contribution >= 4 is 15.9 Å².